The van der Waals surface area contributed by atoms with E-state index in [1.807, 2.05) is 18.2 Å². The lowest BCUT2D eigenvalue weighted by Crippen LogP contribution is -2.39. The maximum Gasteiger partial charge on any atom is 0.335 e. The molecule has 4 nitrogen and oxygen atoms in total. The lowest BCUT2D eigenvalue weighted by molar-refractivity contribution is -0.152. The summed E-state index contributed by atoms with van der Waals surface area (Å²) in [6, 6.07) is 13.7. The maximum absolute atomic E-state index is 11.6. The quantitative estimate of drug-likeness (QED) is 0.295. The molecule has 0 amide bonds. The lowest BCUT2D eigenvalue weighted by Gasteiger charge is -2.32. The second-order valence-corrected chi connectivity index (χ2v) is 11.6. The molecule has 0 aliphatic carbocycles. The number of ether oxygens (including phenoxy) is 1. The van der Waals surface area contributed by atoms with Crippen molar-refractivity contribution in [1.82, 2.24) is 0 Å². The third-order valence-corrected chi connectivity index (χ3v) is 9.83. The molecule has 0 heterocycles. The van der Waals surface area contributed by atoms with Crippen LogP contribution >= 0.6 is 0 Å². The maximum atomic E-state index is 11.6. The van der Waals surface area contributed by atoms with E-state index < -0.39 is 20.4 Å². The van der Waals surface area contributed by atoms with Crippen molar-refractivity contribution in [3.05, 3.63) is 48.0 Å². The van der Waals surface area contributed by atoms with Crippen molar-refractivity contribution in [2.45, 2.75) is 77.3 Å². The van der Waals surface area contributed by atoms with Crippen LogP contribution in [0.4, 0.5) is 0 Å². The van der Waals surface area contributed by atoms with Crippen LogP contribution in [-0.2, 0) is 20.4 Å². The van der Waals surface area contributed by atoms with Crippen LogP contribution in [-0.4, -0.2) is 38.2 Å². The van der Waals surface area contributed by atoms with Crippen molar-refractivity contribution in [1.29, 1.82) is 0 Å². The summed E-state index contributed by atoms with van der Waals surface area (Å²) in [4.78, 5) is 11.6. The number of aryl methyl sites for hydroxylation is 1. The summed E-state index contributed by atoms with van der Waals surface area (Å²) >= 11 is 0. The first kappa shape index (κ1) is 23.6. The summed E-state index contributed by atoms with van der Waals surface area (Å²) in [5.74, 6) is -0.566. The predicted molar refractivity (Wildman–Crippen MR) is 113 cm³/mol. The Bertz CT molecular complexity index is 546. The van der Waals surface area contributed by atoms with Crippen LogP contribution in [0.5, 0.6) is 0 Å². The van der Waals surface area contributed by atoms with E-state index in [-0.39, 0.29) is 19.1 Å². The highest BCUT2D eigenvalue weighted by Gasteiger charge is 2.31. The van der Waals surface area contributed by atoms with Gasteiger partial charge in [0.1, 0.15) is 0 Å². The highest BCUT2D eigenvalue weighted by Crippen LogP contribution is 2.25. The van der Waals surface area contributed by atoms with Crippen molar-refractivity contribution in [3.63, 3.8) is 0 Å². The van der Waals surface area contributed by atoms with Crippen molar-refractivity contribution in [3.8, 4) is 0 Å². The standard InChI is InChI=1S/C22H36O4Si/c1-5-25-22(24)21(23)16-12-15-20(26-27(6-2,7-3)8-4)18-17-19-13-10-9-11-14-19/h9-15,20-21,23H,5-8,16-18H2,1-4H3/b15-12+/t20-,21-/m1/s1. The van der Waals surface area contributed by atoms with E-state index in [2.05, 4.69) is 45.0 Å². The zero-order chi connectivity index (χ0) is 20.1. The number of benzene rings is 1. The second kappa shape index (κ2) is 12.9. The number of aliphatic hydroxyl groups excluding tert-OH is 1. The van der Waals surface area contributed by atoms with Gasteiger partial charge in [0.2, 0.25) is 0 Å². The van der Waals surface area contributed by atoms with Gasteiger partial charge >= 0.3 is 5.97 Å². The van der Waals surface area contributed by atoms with E-state index in [4.69, 9.17) is 9.16 Å². The Morgan fingerprint density at radius 2 is 1.74 bits per heavy atom. The Hall–Kier alpha value is -1.43. The third-order valence-electron chi connectivity index (χ3n) is 5.16. The van der Waals surface area contributed by atoms with E-state index in [0.717, 1.165) is 31.0 Å². The first-order valence-electron chi connectivity index (χ1n) is 10.2. The molecule has 152 valence electrons. The first-order valence-corrected chi connectivity index (χ1v) is 12.8. The number of esters is 1. The molecule has 1 N–H and O–H groups in total. The van der Waals surface area contributed by atoms with Crippen LogP contribution in [0.2, 0.25) is 18.1 Å². The van der Waals surface area contributed by atoms with Gasteiger partial charge in [-0.15, -0.1) is 0 Å². The fourth-order valence-corrected chi connectivity index (χ4v) is 6.00. The van der Waals surface area contributed by atoms with Gasteiger partial charge in [0.15, 0.2) is 14.4 Å². The van der Waals surface area contributed by atoms with E-state index in [9.17, 15) is 9.90 Å². The molecule has 0 spiro atoms. The van der Waals surface area contributed by atoms with Crippen LogP contribution in [0.3, 0.4) is 0 Å². The van der Waals surface area contributed by atoms with Gasteiger partial charge in [-0.2, -0.15) is 0 Å². The SMILES string of the molecule is CCOC(=O)[C@H](O)C/C=C/[C@H](CCc1ccccc1)O[Si](CC)(CC)CC. The topological polar surface area (TPSA) is 55.8 Å². The molecule has 0 saturated carbocycles. The lowest BCUT2D eigenvalue weighted by atomic mass is 10.1. The molecule has 5 heteroatoms. The van der Waals surface area contributed by atoms with E-state index in [0.29, 0.717) is 0 Å². The Kier molecular flexibility index (Phi) is 11.2. The molecule has 0 unspecified atom stereocenters. The van der Waals surface area contributed by atoms with E-state index >= 15 is 0 Å². The number of hydrogen-bond acceptors (Lipinski definition) is 4. The van der Waals surface area contributed by atoms with Gasteiger partial charge in [-0.1, -0.05) is 63.3 Å². The third kappa shape index (κ3) is 8.41. The number of carbonyl (C=O) groups excluding carboxylic acids is 1. The van der Waals surface area contributed by atoms with Gasteiger partial charge < -0.3 is 14.3 Å². The molecule has 0 bridgehead atoms. The minimum atomic E-state index is -1.74. The van der Waals surface area contributed by atoms with Gasteiger partial charge in [-0.25, -0.2) is 4.79 Å². The van der Waals surface area contributed by atoms with E-state index in [1.165, 1.54) is 5.56 Å². The van der Waals surface area contributed by atoms with Crippen molar-refractivity contribution >= 4 is 14.3 Å². The Morgan fingerprint density at radius 1 is 1.11 bits per heavy atom. The van der Waals surface area contributed by atoms with Crippen LogP contribution < -0.4 is 0 Å². The Balaban J connectivity index is 2.76. The highest BCUT2D eigenvalue weighted by atomic mass is 28.4. The average Bonchev–Trinajstić information content (AvgIpc) is 2.70. The fourth-order valence-electron chi connectivity index (χ4n) is 3.16. The monoisotopic (exact) mass is 392 g/mol. The molecule has 0 fully saturated rings. The van der Waals surface area contributed by atoms with Gasteiger partial charge in [0.25, 0.3) is 0 Å². The molecule has 0 radical (unpaired) electrons. The molecule has 0 aliphatic rings. The molecule has 1 rings (SSSR count). The van der Waals surface area contributed by atoms with Gasteiger partial charge in [-0.05, 0) is 43.5 Å². The average molecular weight is 393 g/mol. The van der Waals surface area contributed by atoms with Crippen LogP contribution in [0.1, 0.15) is 46.1 Å². The van der Waals surface area contributed by atoms with Crippen molar-refractivity contribution in [2.75, 3.05) is 6.61 Å². The van der Waals surface area contributed by atoms with Gasteiger partial charge in [-0.3, -0.25) is 0 Å². The summed E-state index contributed by atoms with van der Waals surface area (Å²) in [5.41, 5.74) is 1.29. The summed E-state index contributed by atoms with van der Waals surface area (Å²) < 4.78 is 11.5. The van der Waals surface area contributed by atoms with Gasteiger partial charge in [0.05, 0.1) is 12.7 Å². The zero-order valence-electron chi connectivity index (χ0n) is 17.3. The normalized spacial score (nSPS) is 14.3. The Labute approximate surface area is 165 Å². The largest absolute Gasteiger partial charge is 0.464 e. The zero-order valence-corrected chi connectivity index (χ0v) is 18.3. The predicted octanol–water partition coefficient (Wildman–Crippen LogP) is 4.88. The van der Waals surface area contributed by atoms with E-state index in [1.54, 1.807) is 6.92 Å². The fraction of sp³-hybridized carbons (Fsp3) is 0.591. The minimum Gasteiger partial charge on any atom is -0.464 e. The molecule has 1 aromatic carbocycles. The summed E-state index contributed by atoms with van der Waals surface area (Å²) in [6.45, 7) is 8.68. The summed E-state index contributed by atoms with van der Waals surface area (Å²) in [5, 5.41) is 9.88. The van der Waals surface area contributed by atoms with Crippen molar-refractivity contribution in [2.24, 2.45) is 0 Å². The van der Waals surface area contributed by atoms with Crippen LogP contribution in [0.15, 0.2) is 42.5 Å². The van der Waals surface area contributed by atoms with Crippen LogP contribution in [0.25, 0.3) is 0 Å². The molecule has 1 aromatic rings. The second-order valence-electron chi connectivity index (χ2n) is 6.86. The molecule has 0 saturated heterocycles. The first-order chi connectivity index (χ1) is 13.0. The Morgan fingerprint density at radius 3 is 2.30 bits per heavy atom. The van der Waals surface area contributed by atoms with Gasteiger partial charge in [0, 0.05) is 6.42 Å². The molecule has 27 heavy (non-hydrogen) atoms. The summed E-state index contributed by atoms with van der Waals surface area (Å²) in [6.07, 6.45) is 4.87. The number of hydrogen-bond donors (Lipinski definition) is 1. The molecular formula is C22H36O4Si. The number of carbonyl (C=O) groups is 1. The smallest absolute Gasteiger partial charge is 0.335 e. The molecule has 0 aliphatic heterocycles. The molecule has 2 atom stereocenters. The molecular weight excluding hydrogens is 356 g/mol. The van der Waals surface area contributed by atoms with Crippen molar-refractivity contribution < 1.29 is 19.1 Å². The minimum absolute atomic E-state index is 0.00567. The number of aliphatic hydroxyl groups is 1. The summed E-state index contributed by atoms with van der Waals surface area (Å²) in [7, 11) is -1.74. The highest BCUT2D eigenvalue weighted by molar-refractivity contribution is 6.73. The molecule has 0 aromatic heterocycles. The van der Waals surface area contributed by atoms with Crippen LogP contribution in [0, 0.1) is 0 Å². The number of rotatable bonds is 13.